The van der Waals surface area contributed by atoms with Gasteiger partial charge in [-0.25, -0.2) is 8.78 Å². The molecule has 3 heteroatoms. The van der Waals surface area contributed by atoms with Crippen molar-refractivity contribution in [1.29, 1.82) is 0 Å². The largest absolute Gasteiger partial charge is 0.361 e. The summed E-state index contributed by atoms with van der Waals surface area (Å²) in [6.45, 7) is 1.76. The van der Waals surface area contributed by atoms with Crippen molar-refractivity contribution in [2.24, 2.45) is 0 Å². The molecule has 0 aliphatic heterocycles. The van der Waals surface area contributed by atoms with Crippen molar-refractivity contribution < 1.29 is 10.2 Å². The molecule has 0 radical (unpaired) electrons. The van der Waals surface area contributed by atoms with E-state index in [1.54, 1.807) is 13.1 Å². The lowest BCUT2D eigenvalue weighted by molar-refractivity contribution is 0.511. The number of hydrogen-bond donors (Lipinski definition) is 1. The molecule has 1 aromatic carbocycles. The number of H-pyrrole nitrogens is 1. The molecule has 1 nitrogen and oxygen atoms in total. The Morgan fingerprint density at radius 1 is 1.36 bits per heavy atom. The Morgan fingerprint density at radius 3 is 2.79 bits per heavy atom. The maximum atomic E-state index is 13.0. The number of nitrogens with one attached hydrogen (secondary N) is 1. The number of rotatable bonds is 2. The Balaban J connectivity index is 2.54. The van der Waals surface area contributed by atoms with Crippen LogP contribution in [0.2, 0.25) is 0 Å². The number of aryl methyl sites for hydroxylation is 1. The quantitative estimate of drug-likeness (QED) is 0.757. The molecule has 1 atom stereocenters. The molecule has 74 valence electrons. The van der Waals surface area contributed by atoms with E-state index in [0.717, 1.165) is 11.6 Å². The van der Waals surface area contributed by atoms with E-state index >= 15 is 0 Å². The monoisotopic (exact) mass is 196 g/mol. The number of aromatic nitrogens is 1. The van der Waals surface area contributed by atoms with Crippen LogP contribution in [-0.2, 0) is 6.42 Å². The third-order valence-electron chi connectivity index (χ3n) is 2.23. The highest BCUT2D eigenvalue weighted by Crippen LogP contribution is 2.22. The molecule has 0 aliphatic rings. The summed E-state index contributed by atoms with van der Waals surface area (Å²) in [6, 6.07) is 2.32. The molecule has 2 aromatic rings. The summed E-state index contributed by atoms with van der Waals surface area (Å²) in [6.07, 6.45) is 1.98. The molecule has 0 saturated carbocycles. The second kappa shape index (κ2) is 3.40. The van der Waals surface area contributed by atoms with Crippen LogP contribution in [0.4, 0.5) is 8.78 Å². The minimum absolute atomic E-state index is 0.253. The van der Waals surface area contributed by atoms with E-state index in [9.17, 15) is 8.78 Å². The summed E-state index contributed by atoms with van der Waals surface area (Å²) in [4.78, 5) is 2.87. The van der Waals surface area contributed by atoms with Crippen LogP contribution in [0.5, 0.6) is 0 Å². The number of hydrogen-bond acceptors (Lipinski definition) is 0. The lowest BCUT2D eigenvalue weighted by atomic mass is 10.1. The highest BCUT2D eigenvalue weighted by Gasteiger charge is 2.08. The van der Waals surface area contributed by atoms with Gasteiger partial charge in [0.2, 0.25) is 0 Å². The summed E-state index contributed by atoms with van der Waals surface area (Å²) in [5.41, 5.74) is 1.43. The van der Waals surface area contributed by atoms with Crippen molar-refractivity contribution in [3.05, 3.63) is 35.5 Å². The maximum absolute atomic E-state index is 13.0. The third-order valence-corrected chi connectivity index (χ3v) is 2.23. The molecule has 0 fully saturated rings. The van der Waals surface area contributed by atoms with Crippen LogP contribution >= 0.6 is 0 Å². The number of halogens is 2. The van der Waals surface area contributed by atoms with Gasteiger partial charge >= 0.3 is 0 Å². The van der Waals surface area contributed by atoms with Gasteiger partial charge in [0.1, 0.15) is 0 Å². The van der Waals surface area contributed by atoms with E-state index in [1.807, 2.05) is 0 Å². The number of fused-ring (bicyclic) bond motifs is 1. The van der Waals surface area contributed by atoms with Crippen molar-refractivity contribution >= 4 is 10.9 Å². The summed E-state index contributed by atoms with van der Waals surface area (Å²) in [5.74, 6) is -1.70. The first kappa shape index (κ1) is 7.97. The van der Waals surface area contributed by atoms with Crippen LogP contribution in [0, 0.1) is 11.6 Å². The van der Waals surface area contributed by atoms with Crippen LogP contribution in [0.25, 0.3) is 10.9 Å². The zero-order valence-electron chi connectivity index (χ0n) is 8.77. The van der Waals surface area contributed by atoms with Gasteiger partial charge in [-0.15, -0.1) is 0 Å². The molecule has 14 heavy (non-hydrogen) atoms. The predicted molar refractivity (Wildman–Crippen MR) is 52.2 cm³/mol. The van der Waals surface area contributed by atoms with Crippen LogP contribution in [0.15, 0.2) is 18.3 Å². The number of aromatic amines is 1. The van der Waals surface area contributed by atoms with E-state index in [2.05, 4.69) is 4.98 Å². The lowest BCUT2D eigenvalue weighted by Crippen LogP contribution is -1.85. The molecular weight excluding hydrogens is 184 g/mol. The molecule has 0 saturated heterocycles. The highest BCUT2D eigenvalue weighted by molar-refractivity contribution is 5.83. The Morgan fingerprint density at radius 2 is 2.07 bits per heavy atom. The van der Waals surface area contributed by atoms with Gasteiger partial charge in [-0.05, 0) is 18.1 Å². The Kier molecular flexibility index (Phi) is 1.94. The van der Waals surface area contributed by atoms with Gasteiger partial charge in [-0.1, -0.05) is 13.3 Å². The zero-order valence-corrected chi connectivity index (χ0v) is 7.77. The molecule has 1 N–H and O–H groups in total. The second-order valence-electron chi connectivity index (χ2n) is 3.24. The third kappa shape index (κ3) is 1.39. The van der Waals surface area contributed by atoms with Crippen molar-refractivity contribution in [3.63, 3.8) is 0 Å². The van der Waals surface area contributed by atoms with E-state index < -0.39 is 11.6 Å². The average molecular weight is 196 g/mol. The Bertz CT molecular complexity index is 491. The normalized spacial score (nSPS) is 14.4. The summed E-state index contributed by atoms with van der Waals surface area (Å²) >= 11 is 0. The molecule has 1 aromatic heterocycles. The first-order valence-electron chi connectivity index (χ1n) is 5.03. The standard InChI is InChI=1S/C11H11F2N/c1-2-3-7-6-14-11-5-10(13)9(12)4-8(7)11/h4-6,14H,2-3H2,1H3/i2D. The average Bonchev–Trinajstić information content (AvgIpc) is 2.49. The van der Waals surface area contributed by atoms with E-state index in [0.29, 0.717) is 17.3 Å². The van der Waals surface area contributed by atoms with Gasteiger partial charge < -0.3 is 4.98 Å². The second-order valence-corrected chi connectivity index (χ2v) is 3.24. The first-order chi connectivity index (χ1) is 7.08. The van der Waals surface area contributed by atoms with E-state index in [4.69, 9.17) is 1.37 Å². The van der Waals surface area contributed by atoms with Gasteiger partial charge in [0.15, 0.2) is 11.6 Å². The molecule has 0 aliphatic carbocycles. The first-order valence-corrected chi connectivity index (χ1v) is 4.45. The summed E-state index contributed by atoms with van der Waals surface area (Å²) in [7, 11) is 0. The van der Waals surface area contributed by atoms with Crippen LogP contribution in [-0.4, -0.2) is 4.98 Å². The van der Waals surface area contributed by atoms with Crippen molar-refractivity contribution in [3.8, 4) is 0 Å². The van der Waals surface area contributed by atoms with Gasteiger partial charge in [0.05, 0.1) is 0 Å². The Hall–Kier alpha value is -1.38. The minimum Gasteiger partial charge on any atom is -0.361 e. The SMILES string of the molecule is [2H]C(C)Cc1c[nH]c2cc(F)c(F)cc12. The molecule has 1 unspecified atom stereocenters. The lowest BCUT2D eigenvalue weighted by Gasteiger charge is -1.97. The van der Waals surface area contributed by atoms with E-state index in [1.165, 1.54) is 6.07 Å². The maximum Gasteiger partial charge on any atom is 0.160 e. The topological polar surface area (TPSA) is 15.8 Å². The smallest absolute Gasteiger partial charge is 0.160 e. The van der Waals surface area contributed by atoms with Gasteiger partial charge in [-0.2, -0.15) is 0 Å². The fourth-order valence-electron chi connectivity index (χ4n) is 1.56. The fraction of sp³-hybridized carbons (Fsp3) is 0.273. The molecule has 0 bridgehead atoms. The van der Waals surface area contributed by atoms with Gasteiger partial charge in [-0.3, -0.25) is 0 Å². The number of benzene rings is 1. The van der Waals surface area contributed by atoms with Crippen LogP contribution in [0.3, 0.4) is 0 Å². The van der Waals surface area contributed by atoms with Gasteiger partial charge in [0.25, 0.3) is 0 Å². The highest BCUT2D eigenvalue weighted by atomic mass is 19.2. The summed E-state index contributed by atoms with van der Waals surface area (Å²) in [5, 5.41) is 0.660. The molecule has 2 rings (SSSR count). The van der Waals surface area contributed by atoms with Crippen LogP contribution in [0.1, 0.15) is 20.3 Å². The zero-order chi connectivity index (χ0) is 11.0. The molecule has 1 heterocycles. The Labute approximate surface area is 82.2 Å². The molecule has 0 amide bonds. The van der Waals surface area contributed by atoms with Crippen molar-refractivity contribution in [2.75, 3.05) is 0 Å². The van der Waals surface area contributed by atoms with Crippen LogP contribution < -0.4 is 0 Å². The van der Waals surface area contributed by atoms with Gasteiger partial charge in [0, 0.05) is 24.5 Å². The summed E-state index contributed by atoms with van der Waals surface area (Å²) < 4.78 is 33.3. The minimum atomic E-state index is -0.852. The van der Waals surface area contributed by atoms with E-state index in [-0.39, 0.29) is 6.40 Å². The molecule has 0 spiro atoms. The molecular formula is C11H11F2N. The van der Waals surface area contributed by atoms with Crippen molar-refractivity contribution in [1.82, 2.24) is 4.98 Å². The predicted octanol–water partition coefficient (Wildman–Crippen LogP) is 3.40. The fourth-order valence-corrected chi connectivity index (χ4v) is 1.56. The van der Waals surface area contributed by atoms with Crippen molar-refractivity contribution in [2.45, 2.75) is 19.7 Å².